The summed E-state index contributed by atoms with van der Waals surface area (Å²) >= 11 is -5.85. The van der Waals surface area contributed by atoms with Crippen molar-refractivity contribution >= 4 is 86.2 Å². The molecule has 360 valence electrons. The van der Waals surface area contributed by atoms with E-state index in [-0.39, 0.29) is 4.40 Å². The molecular formula is C70H45GeN5S. The molecule has 0 saturated heterocycles. The summed E-state index contributed by atoms with van der Waals surface area (Å²) in [6.45, 7) is 0. The third-order valence-electron chi connectivity index (χ3n) is 14.3. The van der Waals surface area contributed by atoms with Crippen LogP contribution in [0.2, 0.25) is 0 Å². The van der Waals surface area contributed by atoms with E-state index in [2.05, 4.69) is 0 Å². The quantitative estimate of drug-likeness (QED) is 0.149. The number of hydrogen-bond acceptors (Lipinski definition) is 4. The fraction of sp³-hybridized carbons (Fsp3) is 0.0143. The van der Waals surface area contributed by atoms with Crippen molar-refractivity contribution in [1.82, 2.24) is 24.1 Å². The molecule has 0 atom stereocenters. The Morgan fingerprint density at radius 1 is 0.377 bits per heavy atom. The van der Waals surface area contributed by atoms with Crippen molar-refractivity contribution in [3.8, 4) is 34.4 Å². The van der Waals surface area contributed by atoms with Crippen molar-refractivity contribution in [2.75, 3.05) is 0 Å². The van der Waals surface area contributed by atoms with Crippen LogP contribution in [0.5, 0.6) is 0 Å². The number of benzene rings is 11. The van der Waals surface area contributed by atoms with Gasteiger partial charge in [0.1, 0.15) is 0 Å². The standard InChI is InChI=1S/C70H45GeN5S/c1-3-23-47(24-4-1)71(48-25-5-2-6-26-48,50-42-43-60-66(45-50)77-65-41-20-15-36-59(65)70(60)57-34-13-7-28-51(57)52-29-8-14-35-58(52)70)49-27-21-22-46(44-49)67-72-68(75-61-37-16-9-30-53(61)54-31-10-17-38-62(54)75)74-69(73-67)76-63-39-18-11-32-55(63)56-33-12-19-40-64(56)76/h1-45H/i1D,2D,3D,4D,5D,6D,9D,10D,11D,12D,16D,17D,18D,19D,21D,22D,23D,24D,25D,26D,27D,30D,31D,32D,33D,37D,38D,39D,40D,44D. The summed E-state index contributed by atoms with van der Waals surface area (Å²) in [6, 6.07) is -1.46. The maximum absolute atomic E-state index is 11.1. The van der Waals surface area contributed by atoms with Crippen molar-refractivity contribution in [2.24, 2.45) is 0 Å². The first-order chi connectivity index (χ1) is 50.6. The van der Waals surface area contributed by atoms with E-state index in [1.165, 1.54) is 17.8 Å². The number of hydrogen-bond donors (Lipinski definition) is 0. The predicted molar refractivity (Wildman–Crippen MR) is 319 cm³/mol. The van der Waals surface area contributed by atoms with Crippen molar-refractivity contribution in [2.45, 2.75) is 15.2 Å². The Balaban J connectivity index is 1.14. The predicted octanol–water partition coefficient (Wildman–Crippen LogP) is 13.9. The minimum absolute atomic E-state index is 0.174. The van der Waals surface area contributed by atoms with Gasteiger partial charge in [0.2, 0.25) is 0 Å². The average molecular weight is 1090 g/mol. The van der Waals surface area contributed by atoms with E-state index >= 15 is 0 Å². The van der Waals surface area contributed by atoms with E-state index in [1.807, 2.05) is 72.8 Å². The minimum atomic E-state index is -7.08. The van der Waals surface area contributed by atoms with Crippen LogP contribution in [-0.4, -0.2) is 37.4 Å². The zero-order valence-corrected chi connectivity index (χ0v) is 42.2. The van der Waals surface area contributed by atoms with Gasteiger partial charge in [-0.25, -0.2) is 0 Å². The third kappa shape index (κ3) is 6.34. The summed E-state index contributed by atoms with van der Waals surface area (Å²) in [5, 5.41) is -2.19. The van der Waals surface area contributed by atoms with Gasteiger partial charge in [-0.3, -0.25) is 0 Å². The maximum atomic E-state index is 11.1. The fourth-order valence-corrected chi connectivity index (χ4v) is 20.9. The first-order valence-corrected chi connectivity index (χ1v) is 28.8. The Hall–Kier alpha value is -9.08. The molecule has 0 amide bonds. The molecular weight excluding hydrogens is 1020 g/mol. The summed E-state index contributed by atoms with van der Waals surface area (Å²) in [5.74, 6) is -3.03. The van der Waals surface area contributed by atoms with Gasteiger partial charge in [0.05, 0.1) is 0 Å². The van der Waals surface area contributed by atoms with Gasteiger partial charge >= 0.3 is 496 Å². The normalized spacial score (nSPS) is 18.7. The molecule has 5 nitrogen and oxygen atoms in total. The van der Waals surface area contributed by atoms with Crippen LogP contribution >= 0.6 is 11.8 Å². The molecule has 0 N–H and O–H groups in total. The number of nitrogens with zero attached hydrogens (tertiary/aromatic N) is 5. The Bertz CT molecular complexity index is 6030. The van der Waals surface area contributed by atoms with Gasteiger partial charge in [-0.1, -0.05) is 0 Å². The summed E-state index contributed by atoms with van der Waals surface area (Å²) < 4.78 is 284. The van der Waals surface area contributed by atoms with E-state index in [9.17, 15) is 27.4 Å². The van der Waals surface area contributed by atoms with Gasteiger partial charge in [0.15, 0.2) is 0 Å². The number of aromatic nitrogens is 5. The topological polar surface area (TPSA) is 48.5 Å². The second kappa shape index (κ2) is 17.2. The summed E-state index contributed by atoms with van der Waals surface area (Å²) in [4.78, 5) is 15.4. The fourth-order valence-electron chi connectivity index (χ4n) is 11.3. The molecule has 0 saturated carbocycles. The van der Waals surface area contributed by atoms with Crippen LogP contribution in [0.25, 0.3) is 78.0 Å². The monoisotopic (exact) mass is 1090 g/mol. The molecule has 1 aliphatic heterocycles. The Kier molecular flexibility index (Phi) is 5.34. The zero-order chi connectivity index (χ0) is 76.8. The SMILES string of the molecule is [2H]c1c([2H])c([2H])[c]([Ge]([c]2ccc3c(c2)Sc2ccccc2C32c3ccccc3-c3ccccc32)([c]2c([2H])c([2H])c([2H])c([2H])c2[2H])[c]2c([2H])c([2H])c([2H])c(-c3nc(-n4c5c([2H])c([2H])c([2H])c([2H])c5c5c([2H])c([2H])c([2H])c([2H])c54)nc(-n4c5c([2H])c([2H])c([2H])c([2H])c5c5c([2H])c([2H])c([2H])c([2H])c54)n3)c2[2H])c([2H])c1[2H]. The van der Waals surface area contributed by atoms with Crippen LogP contribution in [0.4, 0.5) is 0 Å². The molecule has 1 aliphatic carbocycles. The summed E-state index contributed by atoms with van der Waals surface area (Å²) in [5.41, 5.74) is 0.0382. The summed E-state index contributed by atoms with van der Waals surface area (Å²) in [6.07, 6.45) is 0. The van der Waals surface area contributed by atoms with Crippen LogP contribution in [0.15, 0.2) is 282 Å². The van der Waals surface area contributed by atoms with E-state index in [1.54, 1.807) is 12.1 Å². The van der Waals surface area contributed by atoms with Gasteiger partial charge in [0.25, 0.3) is 0 Å². The molecule has 1 spiro atoms. The molecule has 0 fully saturated rings. The number of rotatable bonds is 7. The number of fused-ring (bicyclic) bond motifs is 15. The molecule has 14 aromatic rings. The zero-order valence-electron chi connectivity index (χ0n) is 69.3. The molecule has 7 heteroatoms. The second-order valence-corrected chi connectivity index (χ2v) is 26.6. The van der Waals surface area contributed by atoms with Gasteiger partial charge in [-0.05, 0) is 0 Å². The van der Waals surface area contributed by atoms with E-state index in [4.69, 9.17) is 28.7 Å². The van der Waals surface area contributed by atoms with Gasteiger partial charge in [-0.15, -0.1) is 0 Å². The second-order valence-electron chi connectivity index (χ2n) is 18.0. The van der Waals surface area contributed by atoms with Crippen molar-refractivity contribution in [1.29, 1.82) is 0 Å². The molecule has 0 bridgehead atoms. The Morgan fingerprint density at radius 2 is 0.818 bits per heavy atom. The molecule has 0 radical (unpaired) electrons. The van der Waals surface area contributed by atoms with Crippen molar-refractivity contribution in [3.05, 3.63) is 295 Å². The average Bonchev–Trinajstić information content (AvgIpc) is 1.53. The van der Waals surface area contributed by atoms with Crippen LogP contribution in [0.3, 0.4) is 0 Å². The van der Waals surface area contributed by atoms with Crippen LogP contribution in [0.1, 0.15) is 63.4 Å². The third-order valence-corrected chi connectivity index (χ3v) is 24.2. The first kappa shape index (κ1) is 23.9. The van der Waals surface area contributed by atoms with E-state index < -0.39 is 280 Å². The summed E-state index contributed by atoms with van der Waals surface area (Å²) in [7, 11) is 0. The first-order valence-electron chi connectivity index (χ1n) is 38.8. The van der Waals surface area contributed by atoms with Gasteiger partial charge in [0, 0.05) is 0 Å². The molecule has 3 aromatic heterocycles. The molecule has 16 rings (SSSR count). The van der Waals surface area contributed by atoms with Gasteiger partial charge < -0.3 is 0 Å². The van der Waals surface area contributed by atoms with Crippen molar-refractivity contribution in [3.63, 3.8) is 0 Å². The molecule has 2 aliphatic rings. The Morgan fingerprint density at radius 3 is 1.35 bits per heavy atom. The molecule has 4 heterocycles. The molecule has 11 aromatic carbocycles. The Labute approximate surface area is 494 Å². The molecule has 0 unspecified atom stereocenters. The van der Waals surface area contributed by atoms with Crippen LogP contribution in [0, 0.1) is 0 Å². The van der Waals surface area contributed by atoms with Crippen LogP contribution < -0.4 is 17.6 Å². The van der Waals surface area contributed by atoms with Crippen molar-refractivity contribution < 1.29 is 41.1 Å². The van der Waals surface area contributed by atoms with E-state index in [0.717, 1.165) is 37.0 Å². The van der Waals surface area contributed by atoms with Gasteiger partial charge in [-0.2, -0.15) is 0 Å². The van der Waals surface area contributed by atoms with E-state index in [0.29, 0.717) is 15.4 Å². The number of para-hydroxylation sites is 4. The molecule has 77 heavy (non-hydrogen) atoms. The van der Waals surface area contributed by atoms with Crippen LogP contribution in [-0.2, 0) is 5.41 Å².